The third-order valence-electron chi connectivity index (χ3n) is 4.94. The van der Waals surface area contributed by atoms with Crippen LogP contribution in [0.25, 0.3) is 0 Å². The van der Waals surface area contributed by atoms with Crippen molar-refractivity contribution in [3.63, 3.8) is 0 Å². The first kappa shape index (κ1) is 21.6. The Balaban J connectivity index is 1.54. The average Bonchev–Trinajstić information content (AvgIpc) is 3.07. The summed E-state index contributed by atoms with van der Waals surface area (Å²) in [7, 11) is 0. The fourth-order valence-corrected chi connectivity index (χ4v) is 3.49. The van der Waals surface area contributed by atoms with Crippen LogP contribution in [0.2, 0.25) is 5.02 Å². The van der Waals surface area contributed by atoms with Gasteiger partial charge in [0.1, 0.15) is 5.76 Å². The van der Waals surface area contributed by atoms with Gasteiger partial charge in [0.2, 0.25) is 5.91 Å². The minimum Gasteiger partial charge on any atom is -0.361 e. The number of alkyl halides is 3. The van der Waals surface area contributed by atoms with Gasteiger partial charge in [-0.1, -0.05) is 16.8 Å². The number of aryl methyl sites for hydroxylation is 1. The number of aromatic nitrogens is 1. The van der Waals surface area contributed by atoms with Crippen LogP contribution in [0.5, 0.6) is 0 Å². The number of rotatable bonds is 5. The number of carbonyl (C=O) groups is 1. The van der Waals surface area contributed by atoms with E-state index in [2.05, 4.69) is 15.4 Å². The summed E-state index contributed by atoms with van der Waals surface area (Å²) in [5, 5.41) is 6.14. The number of hydrogen-bond acceptors (Lipinski definition) is 5. The lowest BCUT2D eigenvalue weighted by Gasteiger charge is -2.37. The fourth-order valence-electron chi connectivity index (χ4n) is 3.26. The third-order valence-corrected chi connectivity index (χ3v) is 5.27. The average molecular weight is 431 g/mol. The Kier molecular flexibility index (Phi) is 6.50. The zero-order valence-electron chi connectivity index (χ0n) is 16.1. The molecule has 1 saturated heterocycles. The molecule has 29 heavy (non-hydrogen) atoms. The summed E-state index contributed by atoms with van der Waals surface area (Å²) in [5.41, 5.74) is -0.0371. The predicted octanol–water partition coefficient (Wildman–Crippen LogP) is 3.80. The van der Waals surface area contributed by atoms with Crippen molar-refractivity contribution in [2.75, 3.05) is 31.5 Å². The van der Waals surface area contributed by atoms with E-state index in [9.17, 15) is 18.0 Å². The Hall–Kier alpha value is -2.10. The number of piperazine rings is 1. The van der Waals surface area contributed by atoms with Crippen molar-refractivity contribution in [2.45, 2.75) is 32.6 Å². The van der Waals surface area contributed by atoms with Gasteiger partial charge in [-0.3, -0.25) is 14.6 Å². The molecule has 0 radical (unpaired) electrons. The maximum Gasteiger partial charge on any atom is 0.417 e. The number of nitrogens with zero attached hydrogens (tertiary/aromatic N) is 3. The second-order valence-corrected chi connectivity index (χ2v) is 7.51. The van der Waals surface area contributed by atoms with E-state index in [0.717, 1.165) is 36.7 Å². The molecular weight excluding hydrogens is 409 g/mol. The van der Waals surface area contributed by atoms with Crippen molar-refractivity contribution in [3.8, 4) is 0 Å². The Bertz CT molecular complexity index is 863. The van der Waals surface area contributed by atoms with Crippen LogP contribution in [0.4, 0.5) is 18.9 Å². The highest BCUT2D eigenvalue weighted by molar-refractivity contribution is 6.31. The molecule has 1 unspecified atom stereocenters. The molecule has 1 atom stereocenters. The molecule has 10 heteroatoms. The van der Waals surface area contributed by atoms with Gasteiger partial charge >= 0.3 is 6.18 Å². The Morgan fingerprint density at radius 2 is 1.97 bits per heavy atom. The van der Waals surface area contributed by atoms with Gasteiger partial charge in [-0.15, -0.1) is 0 Å². The molecule has 1 amide bonds. The van der Waals surface area contributed by atoms with Crippen molar-refractivity contribution in [3.05, 3.63) is 46.3 Å². The highest BCUT2D eigenvalue weighted by atomic mass is 35.5. The Labute approximate surface area is 171 Å². The molecule has 0 aliphatic carbocycles. The summed E-state index contributed by atoms with van der Waals surface area (Å²) >= 11 is 5.62. The predicted molar refractivity (Wildman–Crippen MR) is 103 cm³/mol. The Morgan fingerprint density at radius 1 is 1.28 bits per heavy atom. The van der Waals surface area contributed by atoms with E-state index in [4.69, 9.17) is 16.1 Å². The number of hydrogen-bond donors (Lipinski definition) is 1. The summed E-state index contributed by atoms with van der Waals surface area (Å²) in [6, 6.07) is 4.76. The molecule has 1 fully saturated rings. The SMILES string of the molecule is Cc1cc(CN2CCN(C(C)C(=O)Nc3ccc(Cl)c(C(F)(F)F)c3)CC2)no1. The minimum atomic E-state index is -4.58. The number of carbonyl (C=O) groups excluding carboxylic acids is 1. The second-order valence-electron chi connectivity index (χ2n) is 7.10. The van der Waals surface area contributed by atoms with Gasteiger partial charge < -0.3 is 9.84 Å². The molecule has 1 aromatic carbocycles. The van der Waals surface area contributed by atoms with Crippen molar-refractivity contribution >= 4 is 23.2 Å². The van der Waals surface area contributed by atoms with Crippen LogP contribution >= 0.6 is 11.6 Å². The topological polar surface area (TPSA) is 61.6 Å². The fraction of sp³-hybridized carbons (Fsp3) is 0.474. The molecule has 6 nitrogen and oxygen atoms in total. The Morgan fingerprint density at radius 3 is 2.55 bits per heavy atom. The summed E-state index contributed by atoms with van der Waals surface area (Å²) < 4.78 is 44.0. The van der Waals surface area contributed by atoms with E-state index < -0.39 is 22.8 Å². The molecule has 0 bridgehead atoms. The molecule has 1 N–H and O–H groups in total. The van der Waals surface area contributed by atoms with E-state index in [1.165, 1.54) is 6.07 Å². The highest BCUT2D eigenvalue weighted by Gasteiger charge is 2.34. The van der Waals surface area contributed by atoms with Crippen LogP contribution < -0.4 is 5.32 Å². The standard InChI is InChI=1S/C19H22ClF3N4O2/c1-12-9-15(25-29-12)11-26-5-7-27(8-6-26)13(2)18(28)24-14-3-4-17(20)16(10-14)19(21,22)23/h3-4,9-10,13H,5-8,11H2,1-2H3,(H,24,28). The minimum absolute atomic E-state index is 0.0682. The van der Waals surface area contributed by atoms with Crippen LogP contribution in [0.3, 0.4) is 0 Å². The molecule has 1 aliphatic rings. The van der Waals surface area contributed by atoms with Gasteiger partial charge in [0, 0.05) is 44.5 Å². The van der Waals surface area contributed by atoms with Crippen molar-refractivity contribution in [1.29, 1.82) is 0 Å². The molecular formula is C19H22ClF3N4O2. The quantitative estimate of drug-likeness (QED) is 0.781. The molecule has 2 aromatic rings. The monoisotopic (exact) mass is 430 g/mol. The van der Waals surface area contributed by atoms with Crippen molar-refractivity contribution in [1.82, 2.24) is 15.0 Å². The smallest absolute Gasteiger partial charge is 0.361 e. The van der Waals surface area contributed by atoms with Crippen LogP contribution in [0, 0.1) is 6.92 Å². The van der Waals surface area contributed by atoms with Crippen molar-refractivity contribution < 1.29 is 22.5 Å². The normalized spacial score (nSPS) is 17.3. The first-order valence-corrected chi connectivity index (χ1v) is 9.57. The first-order valence-electron chi connectivity index (χ1n) is 9.19. The molecule has 2 heterocycles. The molecule has 3 rings (SSSR count). The van der Waals surface area contributed by atoms with Gasteiger partial charge in [0.05, 0.1) is 22.3 Å². The van der Waals surface area contributed by atoms with Gasteiger partial charge in [-0.05, 0) is 32.0 Å². The lowest BCUT2D eigenvalue weighted by molar-refractivity contribution is -0.137. The first-order chi connectivity index (χ1) is 13.6. The van der Waals surface area contributed by atoms with Crippen molar-refractivity contribution in [2.24, 2.45) is 0 Å². The van der Waals surface area contributed by atoms with E-state index in [-0.39, 0.29) is 11.6 Å². The van der Waals surface area contributed by atoms with Gasteiger partial charge in [-0.25, -0.2) is 0 Å². The van der Waals surface area contributed by atoms with E-state index in [1.807, 2.05) is 17.9 Å². The highest BCUT2D eigenvalue weighted by Crippen LogP contribution is 2.36. The summed E-state index contributed by atoms with van der Waals surface area (Å²) in [5.74, 6) is 0.404. The number of amides is 1. The second kappa shape index (κ2) is 8.73. The van der Waals surface area contributed by atoms with Gasteiger partial charge in [0.25, 0.3) is 0 Å². The molecule has 1 aliphatic heterocycles. The zero-order chi connectivity index (χ0) is 21.2. The van der Waals surface area contributed by atoms with Crippen LogP contribution in [0.15, 0.2) is 28.8 Å². The van der Waals surface area contributed by atoms with E-state index in [0.29, 0.717) is 19.6 Å². The lowest BCUT2D eigenvalue weighted by atomic mass is 10.1. The number of halogens is 4. The third kappa shape index (κ3) is 5.49. The van der Waals surface area contributed by atoms with Crippen LogP contribution in [0.1, 0.15) is 23.9 Å². The largest absolute Gasteiger partial charge is 0.417 e. The number of benzene rings is 1. The molecule has 1 aromatic heterocycles. The maximum atomic E-state index is 13.0. The molecule has 0 saturated carbocycles. The summed E-state index contributed by atoms with van der Waals surface area (Å²) in [6.07, 6.45) is -4.58. The lowest BCUT2D eigenvalue weighted by Crippen LogP contribution is -2.52. The number of nitrogens with one attached hydrogen (secondary N) is 1. The van der Waals surface area contributed by atoms with Gasteiger partial charge in [-0.2, -0.15) is 13.2 Å². The zero-order valence-corrected chi connectivity index (χ0v) is 16.8. The van der Waals surface area contributed by atoms with Gasteiger partial charge in [0.15, 0.2) is 0 Å². The maximum absolute atomic E-state index is 13.0. The number of anilines is 1. The molecule has 158 valence electrons. The van der Waals surface area contributed by atoms with E-state index >= 15 is 0 Å². The summed E-state index contributed by atoms with van der Waals surface area (Å²) in [4.78, 5) is 16.7. The molecule has 0 spiro atoms. The van der Waals surface area contributed by atoms with Crippen LogP contribution in [-0.2, 0) is 17.5 Å². The van der Waals surface area contributed by atoms with Crippen LogP contribution in [-0.4, -0.2) is 53.1 Å². The van der Waals surface area contributed by atoms with E-state index in [1.54, 1.807) is 6.92 Å². The summed E-state index contributed by atoms with van der Waals surface area (Å²) in [6.45, 7) is 7.10.